The maximum atomic E-state index is 11.8. The summed E-state index contributed by atoms with van der Waals surface area (Å²) < 4.78 is 26.2. The summed E-state index contributed by atoms with van der Waals surface area (Å²) in [5, 5.41) is 0. The summed E-state index contributed by atoms with van der Waals surface area (Å²) in [6.07, 6.45) is 2.99. The summed E-state index contributed by atoms with van der Waals surface area (Å²) in [5.41, 5.74) is 6.82. The highest BCUT2D eigenvalue weighted by Gasteiger charge is 2.15. The van der Waals surface area contributed by atoms with E-state index in [-0.39, 0.29) is 17.5 Å². The largest absolute Gasteiger partial charge is 0.366 e. The topological polar surface area (TPSA) is 88.0 Å². The van der Waals surface area contributed by atoms with Crippen molar-refractivity contribution in [1.82, 2.24) is 9.71 Å². The first kappa shape index (κ1) is 12.8. The summed E-state index contributed by atoms with van der Waals surface area (Å²) in [7, 11) is -3.48. The van der Waals surface area contributed by atoms with E-state index in [1.165, 1.54) is 12.3 Å². The van der Waals surface area contributed by atoms with Crippen LogP contribution in [0.2, 0.25) is 0 Å². The Morgan fingerprint density at radius 3 is 2.56 bits per heavy atom. The van der Waals surface area contributed by atoms with E-state index in [0.29, 0.717) is 0 Å². The number of aromatic nitrogens is 1. The average Bonchev–Trinajstić information content (AvgIpc) is 2.92. The first-order chi connectivity index (χ1) is 8.59. The Balaban J connectivity index is 2.00. The van der Waals surface area contributed by atoms with Crippen LogP contribution in [0.3, 0.4) is 0 Å². The van der Waals surface area contributed by atoms with E-state index in [1.807, 2.05) is 30.3 Å². The van der Waals surface area contributed by atoms with Gasteiger partial charge in [-0.25, -0.2) is 13.1 Å². The van der Waals surface area contributed by atoms with Crippen LogP contribution < -0.4 is 10.5 Å². The third-order valence-electron chi connectivity index (χ3n) is 2.60. The minimum absolute atomic E-state index is 0.164. The molecule has 2 rings (SSSR count). The molecule has 0 radical (unpaired) electrons. The van der Waals surface area contributed by atoms with Gasteiger partial charge in [0, 0.05) is 25.0 Å². The fourth-order valence-corrected chi connectivity index (χ4v) is 2.61. The minimum atomic E-state index is -3.48. The molecule has 4 N–H and O–H groups in total. The molecule has 0 spiro atoms. The van der Waals surface area contributed by atoms with Crippen LogP contribution in [0.15, 0.2) is 53.7 Å². The lowest BCUT2D eigenvalue weighted by Gasteiger charge is -2.12. The van der Waals surface area contributed by atoms with Gasteiger partial charge in [-0.3, -0.25) is 0 Å². The fourth-order valence-electron chi connectivity index (χ4n) is 1.58. The summed E-state index contributed by atoms with van der Waals surface area (Å²) in [5.74, 6) is 0. The van der Waals surface area contributed by atoms with Crippen molar-refractivity contribution in [3.63, 3.8) is 0 Å². The minimum Gasteiger partial charge on any atom is -0.366 e. The predicted octanol–water partition coefficient (Wildman–Crippen LogP) is 0.993. The molecule has 0 bridgehead atoms. The molecule has 0 saturated carbocycles. The van der Waals surface area contributed by atoms with Crippen LogP contribution in [-0.2, 0) is 10.0 Å². The molecule has 1 atom stereocenters. The standard InChI is InChI=1S/C12H15N3O2S/c13-12(10-4-2-1-3-5-10)9-15-18(16,17)11-6-7-14-8-11/h1-8,12,14-15H,9,13H2/t12-/m0/s1. The number of nitrogens with one attached hydrogen (secondary N) is 2. The van der Waals surface area contributed by atoms with E-state index in [0.717, 1.165) is 5.56 Å². The molecule has 1 heterocycles. The van der Waals surface area contributed by atoms with E-state index in [9.17, 15) is 8.42 Å². The molecule has 5 nitrogen and oxygen atoms in total. The van der Waals surface area contributed by atoms with Crippen molar-refractivity contribution in [2.45, 2.75) is 10.9 Å². The van der Waals surface area contributed by atoms with Crippen LogP contribution in [0.1, 0.15) is 11.6 Å². The van der Waals surface area contributed by atoms with Gasteiger partial charge in [0.1, 0.15) is 0 Å². The van der Waals surface area contributed by atoms with Crippen LogP contribution in [-0.4, -0.2) is 19.9 Å². The SMILES string of the molecule is N[C@@H](CNS(=O)(=O)c1cc[nH]c1)c1ccccc1. The fraction of sp³-hybridized carbons (Fsp3) is 0.167. The van der Waals surface area contributed by atoms with Crippen molar-refractivity contribution in [2.24, 2.45) is 5.73 Å². The second kappa shape index (κ2) is 5.34. The summed E-state index contributed by atoms with van der Waals surface area (Å²) in [6.45, 7) is 0.164. The molecular weight excluding hydrogens is 250 g/mol. The second-order valence-electron chi connectivity index (χ2n) is 3.92. The van der Waals surface area contributed by atoms with Crippen molar-refractivity contribution in [3.05, 3.63) is 54.4 Å². The van der Waals surface area contributed by atoms with E-state index >= 15 is 0 Å². The summed E-state index contributed by atoms with van der Waals surface area (Å²) in [4.78, 5) is 2.92. The van der Waals surface area contributed by atoms with Crippen molar-refractivity contribution >= 4 is 10.0 Å². The zero-order valence-corrected chi connectivity index (χ0v) is 10.5. The smallest absolute Gasteiger partial charge is 0.242 e. The normalized spacial score (nSPS) is 13.4. The summed E-state index contributed by atoms with van der Waals surface area (Å²) >= 11 is 0. The highest BCUT2D eigenvalue weighted by molar-refractivity contribution is 7.89. The molecule has 0 amide bonds. The molecule has 0 aliphatic rings. The van der Waals surface area contributed by atoms with Gasteiger partial charge in [-0.1, -0.05) is 30.3 Å². The van der Waals surface area contributed by atoms with Gasteiger partial charge in [0.15, 0.2) is 0 Å². The summed E-state index contributed by atoms with van der Waals surface area (Å²) in [6, 6.07) is 10.5. The third-order valence-corrected chi connectivity index (χ3v) is 4.02. The Morgan fingerprint density at radius 2 is 1.94 bits per heavy atom. The van der Waals surface area contributed by atoms with Crippen molar-refractivity contribution in [3.8, 4) is 0 Å². The van der Waals surface area contributed by atoms with Gasteiger partial charge in [-0.2, -0.15) is 0 Å². The Morgan fingerprint density at radius 1 is 1.22 bits per heavy atom. The molecule has 1 aromatic carbocycles. The van der Waals surface area contributed by atoms with Gasteiger partial charge >= 0.3 is 0 Å². The molecule has 1 aromatic heterocycles. The Labute approximate surface area is 106 Å². The molecule has 96 valence electrons. The number of H-pyrrole nitrogens is 1. The molecule has 0 fully saturated rings. The van der Waals surface area contributed by atoms with Gasteiger partial charge in [0.25, 0.3) is 0 Å². The monoisotopic (exact) mass is 265 g/mol. The second-order valence-corrected chi connectivity index (χ2v) is 5.68. The van der Waals surface area contributed by atoms with Gasteiger partial charge in [0.05, 0.1) is 4.90 Å². The maximum absolute atomic E-state index is 11.8. The Kier molecular flexibility index (Phi) is 3.81. The van der Waals surface area contributed by atoms with Crippen molar-refractivity contribution in [1.29, 1.82) is 0 Å². The molecule has 18 heavy (non-hydrogen) atoms. The molecular formula is C12H15N3O2S. The first-order valence-electron chi connectivity index (χ1n) is 5.52. The van der Waals surface area contributed by atoms with Gasteiger partial charge in [0.2, 0.25) is 10.0 Å². The van der Waals surface area contributed by atoms with E-state index in [2.05, 4.69) is 9.71 Å². The van der Waals surface area contributed by atoms with Gasteiger partial charge < -0.3 is 10.7 Å². The third kappa shape index (κ3) is 2.98. The van der Waals surface area contributed by atoms with Crippen molar-refractivity contribution < 1.29 is 8.42 Å². The van der Waals surface area contributed by atoms with Crippen molar-refractivity contribution in [2.75, 3.05) is 6.54 Å². The number of nitrogens with two attached hydrogens (primary N) is 1. The molecule has 6 heteroatoms. The maximum Gasteiger partial charge on any atom is 0.242 e. The van der Waals surface area contributed by atoms with Gasteiger partial charge in [-0.15, -0.1) is 0 Å². The Bertz CT molecular complexity index is 579. The lowest BCUT2D eigenvalue weighted by atomic mass is 10.1. The Hall–Kier alpha value is -1.63. The van der Waals surface area contributed by atoms with E-state index in [1.54, 1.807) is 6.20 Å². The average molecular weight is 265 g/mol. The van der Waals surface area contributed by atoms with E-state index < -0.39 is 10.0 Å². The van der Waals surface area contributed by atoms with Crippen LogP contribution >= 0.6 is 0 Å². The highest BCUT2D eigenvalue weighted by Crippen LogP contribution is 2.10. The highest BCUT2D eigenvalue weighted by atomic mass is 32.2. The predicted molar refractivity (Wildman–Crippen MR) is 69.4 cm³/mol. The molecule has 0 saturated heterocycles. The lowest BCUT2D eigenvalue weighted by molar-refractivity contribution is 0.572. The van der Waals surface area contributed by atoms with E-state index in [4.69, 9.17) is 5.73 Å². The number of hydrogen-bond acceptors (Lipinski definition) is 3. The molecule has 0 aliphatic heterocycles. The number of benzene rings is 1. The number of rotatable bonds is 5. The zero-order valence-electron chi connectivity index (χ0n) is 9.71. The van der Waals surface area contributed by atoms with Crippen LogP contribution in [0.5, 0.6) is 0 Å². The van der Waals surface area contributed by atoms with Crippen LogP contribution in [0.25, 0.3) is 0 Å². The first-order valence-corrected chi connectivity index (χ1v) is 7.01. The quantitative estimate of drug-likeness (QED) is 0.753. The number of aromatic amines is 1. The molecule has 2 aromatic rings. The number of hydrogen-bond donors (Lipinski definition) is 3. The number of sulfonamides is 1. The lowest BCUT2D eigenvalue weighted by Crippen LogP contribution is -2.31. The van der Waals surface area contributed by atoms with Crippen LogP contribution in [0, 0.1) is 0 Å². The van der Waals surface area contributed by atoms with Gasteiger partial charge in [-0.05, 0) is 11.6 Å². The van der Waals surface area contributed by atoms with Crippen LogP contribution in [0.4, 0.5) is 0 Å². The zero-order chi connectivity index (χ0) is 13.0. The molecule has 0 unspecified atom stereocenters. The molecule has 0 aliphatic carbocycles.